The lowest BCUT2D eigenvalue weighted by Gasteiger charge is -2.38. The maximum Gasteiger partial charge on any atom is 0.227 e. The first-order valence-corrected chi connectivity index (χ1v) is 10.0. The molecule has 0 atom stereocenters. The fourth-order valence-electron chi connectivity index (χ4n) is 4.26. The van der Waals surface area contributed by atoms with Gasteiger partial charge in [0, 0.05) is 50.7 Å². The second-order valence-corrected chi connectivity index (χ2v) is 7.57. The van der Waals surface area contributed by atoms with Crippen molar-refractivity contribution in [3.05, 3.63) is 36.4 Å². The summed E-state index contributed by atoms with van der Waals surface area (Å²) in [6.07, 6.45) is 4.21. The van der Waals surface area contributed by atoms with Gasteiger partial charge in [0.05, 0.1) is 18.9 Å². The Morgan fingerprint density at radius 2 is 1.52 bits per heavy atom. The van der Waals surface area contributed by atoms with Crippen LogP contribution in [0, 0.1) is 0 Å². The molecular formula is C21H26N4O2. The number of nitrogens with zero attached hydrogens (tertiary/aromatic N) is 4. The van der Waals surface area contributed by atoms with Crippen LogP contribution in [0.25, 0.3) is 11.3 Å². The van der Waals surface area contributed by atoms with Crippen molar-refractivity contribution in [3.63, 3.8) is 0 Å². The average Bonchev–Trinajstić information content (AvgIpc) is 3.42. The summed E-state index contributed by atoms with van der Waals surface area (Å²) in [7, 11) is 0. The summed E-state index contributed by atoms with van der Waals surface area (Å²) in [5.41, 5.74) is 2.13. The SMILES string of the molecule is c1ccc(-c2cc(N3CCC4(CC3)OCCO4)nc(N3CCCC3)n2)cc1. The fourth-order valence-corrected chi connectivity index (χ4v) is 4.26. The average molecular weight is 366 g/mol. The summed E-state index contributed by atoms with van der Waals surface area (Å²) >= 11 is 0. The molecule has 0 aliphatic carbocycles. The summed E-state index contributed by atoms with van der Waals surface area (Å²) < 4.78 is 11.7. The van der Waals surface area contributed by atoms with Gasteiger partial charge in [0.1, 0.15) is 5.82 Å². The molecule has 6 nitrogen and oxygen atoms in total. The Balaban J connectivity index is 1.45. The van der Waals surface area contributed by atoms with Crippen LogP contribution in [-0.4, -0.2) is 55.1 Å². The van der Waals surface area contributed by atoms with E-state index in [1.165, 1.54) is 12.8 Å². The number of piperidine rings is 1. The highest BCUT2D eigenvalue weighted by Gasteiger charge is 2.40. The summed E-state index contributed by atoms with van der Waals surface area (Å²) in [4.78, 5) is 14.5. The summed E-state index contributed by atoms with van der Waals surface area (Å²) in [6, 6.07) is 12.5. The van der Waals surface area contributed by atoms with Crippen LogP contribution >= 0.6 is 0 Å². The number of rotatable bonds is 3. The third-order valence-electron chi connectivity index (χ3n) is 5.82. The van der Waals surface area contributed by atoms with Crippen molar-refractivity contribution in [2.45, 2.75) is 31.5 Å². The zero-order valence-corrected chi connectivity index (χ0v) is 15.6. The van der Waals surface area contributed by atoms with Gasteiger partial charge in [-0.25, -0.2) is 4.98 Å². The van der Waals surface area contributed by atoms with E-state index < -0.39 is 0 Å². The van der Waals surface area contributed by atoms with Crippen molar-refractivity contribution < 1.29 is 9.47 Å². The molecule has 3 aliphatic heterocycles. The van der Waals surface area contributed by atoms with Gasteiger partial charge in [-0.2, -0.15) is 4.98 Å². The predicted molar refractivity (Wildman–Crippen MR) is 105 cm³/mol. The highest BCUT2D eigenvalue weighted by Crippen LogP contribution is 2.34. The Morgan fingerprint density at radius 1 is 0.815 bits per heavy atom. The van der Waals surface area contributed by atoms with Gasteiger partial charge in [-0.3, -0.25) is 0 Å². The van der Waals surface area contributed by atoms with E-state index in [4.69, 9.17) is 19.4 Å². The third kappa shape index (κ3) is 3.39. The minimum atomic E-state index is -0.358. The van der Waals surface area contributed by atoms with Crippen LogP contribution in [0.2, 0.25) is 0 Å². The highest BCUT2D eigenvalue weighted by atomic mass is 16.7. The molecule has 0 radical (unpaired) electrons. The molecule has 0 amide bonds. The maximum atomic E-state index is 5.87. The van der Waals surface area contributed by atoms with E-state index in [0.29, 0.717) is 13.2 Å². The first-order chi connectivity index (χ1) is 13.3. The third-order valence-corrected chi connectivity index (χ3v) is 5.82. The van der Waals surface area contributed by atoms with Crippen molar-refractivity contribution >= 4 is 11.8 Å². The topological polar surface area (TPSA) is 50.7 Å². The van der Waals surface area contributed by atoms with Crippen LogP contribution < -0.4 is 9.80 Å². The number of anilines is 2. The van der Waals surface area contributed by atoms with Gasteiger partial charge in [-0.05, 0) is 12.8 Å². The Morgan fingerprint density at radius 3 is 2.22 bits per heavy atom. The molecule has 27 heavy (non-hydrogen) atoms. The van der Waals surface area contributed by atoms with E-state index >= 15 is 0 Å². The summed E-state index contributed by atoms with van der Waals surface area (Å²) in [5, 5.41) is 0. The van der Waals surface area contributed by atoms with Crippen LogP contribution in [0.3, 0.4) is 0 Å². The Hall–Kier alpha value is -2.18. The number of hydrogen-bond donors (Lipinski definition) is 0. The van der Waals surface area contributed by atoms with Gasteiger partial charge in [0.25, 0.3) is 0 Å². The van der Waals surface area contributed by atoms with Crippen molar-refractivity contribution in [1.29, 1.82) is 0 Å². The zero-order chi connectivity index (χ0) is 18.1. The molecule has 1 aromatic heterocycles. The van der Waals surface area contributed by atoms with Gasteiger partial charge in [0.2, 0.25) is 5.95 Å². The number of ether oxygens (including phenoxy) is 2. The molecule has 3 fully saturated rings. The van der Waals surface area contributed by atoms with Gasteiger partial charge in [-0.15, -0.1) is 0 Å². The lowest BCUT2D eigenvalue weighted by atomic mass is 10.0. The standard InChI is InChI=1S/C21H26N4O2/c1-2-6-17(7-3-1)18-16-19(23-20(22-18)25-10-4-5-11-25)24-12-8-21(9-13-24)26-14-15-27-21/h1-3,6-7,16H,4-5,8-15H2. The molecule has 142 valence electrons. The van der Waals surface area contributed by atoms with Crippen molar-refractivity contribution in [1.82, 2.24) is 9.97 Å². The molecule has 1 spiro atoms. The summed E-state index contributed by atoms with van der Waals surface area (Å²) in [6.45, 7) is 5.30. The smallest absolute Gasteiger partial charge is 0.227 e. The second kappa shape index (κ2) is 7.09. The molecule has 0 unspecified atom stereocenters. The molecule has 5 rings (SSSR count). The number of aromatic nitrogens is 2. The van der Waals surface area contributed by atoms with Gasteiger partial charge < -0.3 is 19.3 Å². The molecule has 3 aliphatic rings. The zero-order valence-electron chi connectivity index (χ0n) is 15.6. The Kier molecular flexibility index (Phi) is 4.45. The van der Waals surface area contributed by atoms with Crippen molar-refractivity contribution in [2.24, 2.45) is 0 Å². The quantitative estimate of drug-likeness (QED) is 0.832. The van der Waals surface area contributed by atoms with Gasteiger partial charge in [0.15, 0.2) is 5.79 Å². The molecule has 6 heteroatoms. The van der Waals surface area contributed by atoms with E-state index in [2.05, 4.69) is 40.1 Å². The normalized spacial score (nSPS) is 21.9. The molecule has 0 saturated carbocycles. The molecule has 1 aromatic carbocycles. The Labute approximate surface area is 160 Å². The van der Waals surface area contributed by atoms with E-state index in [0.717, 1.165) is 62.0 Å². The lowest BCUT2D eigenvalue weighted by Crippen LogP contribution is -2.45. The maximum absolute atomic E-state index is 5.87. The van der Waals surface area contributed by atoms with E-state index in [1.54, 1.807) is 0 Å². The van der Waals surface area contributed by atoms with Crippen molar-refractivity contribution in [3.8, 4) is 11.3 Å². The second-order valence-electron chi connectivity index (χ2n) is 7.57. The molecule has 0 N–H and O–H groups in total. The first-order valence-electron chi connectivity index (χ1n) is 10.0. The van der Waals surface area contributed by atoms with Crippen LogP contribution in [0.4, 0.5) is 11.8 Å². The molecule has 4 heterocycles. The number of benzene rings is 1. The minimum Gasteiger partial charge on any atom is -0.356 e. The van der Waals surface area contributed by atoms with Crippen LogP contribution in [0.5, 0.6) is 0 Å². The molecule has 2 aromatic rings. The fraction of sp³-hybridized carbons (Fsp3) is 0.524. The van der Waals surface area contributed by atoms with Crippen molar-refractivity contribution in [2.75, 3.05) is 49.2 Å². The lowest BCUT2D eigenvalue weighted by molar-refractivity contribution is -0.169. The van der Waals surface area contributed by atoms with Crippen LogP contribution in [0.15, 0.2) is 36.4 Å². The monoisotopic (exact) mass is 366 g/mol. The van der Waals surface area contributed by atoms with E-state index in [1.807, 2.05) is 6.07 Å². The minimum absolute atomic E-state index is 0.358. The van der Waals surface area contributed by atoms with Crippen LogP contribution in [-0.2, 0) is 9.47 Å². The van der Waals surface area contributed by atoms with Gasteiger partial charge in [-0.1, -0.05) is 30.3 Å². The van der Waals surface area contributed by atoms with Gasteiger partial charge >= 0.3 is 0 Å². The predicted octanol–water partition coefficient (Wildman–Crippen LogP) is 3.09. The summed E-state index contributed by atoms with van der Waals surface area (Å²) in [5.74, 6) is 1.51. The largest absolute Gasteiger partial charge is 0.356 e. The van der Waals surface area contributed by atoms with E-state index in [9.17, 15) is 0 Å². The molecule has 3 saturated heterocycles. The van der Waals surface area contributed by atoms with Crippen LogP contribution in [0.1, 0.15) is 25.7 Å². The molecule has 0 bridgehead atoms. The molecular weight excluding hydrogens is 340 g/mol. The number of hydrogen-bond acceptors (Lipinski definition) is 6. The Bertz CT molecular complexity index is 776. The highest BCUT2D eigenvalue weighted by molar-refractivity contribution is 5.65. The first kappa shape index (κ1) is 17.0. The van der Waals surface area contributed by atoms with E-state index in [-0.39, 0.29) is 5.79 Å².